The molecule has 0 bridgehead atoms. The Kier molecular flexibility index (Phi) is 3.44. The largest absolute Gasteiger partial charge is 0.365 e. The SMILES string of the molecule is Cc1noc(C)c1CNc1nccc2c(Br)cccc12. The highest BCUT2D eigenvalue weighted by Crippen LogP contribution is 2.28. The van der Waals surface area contributed by atoms with Gasteiger partial charge in [-0.25, -0.2) is 4.98 Å². The van der Waals surface area contributed by atoms with Crippen LogP contribution in [-0.2, 0) is 6.54 Å². The van der Waals surface area contributed by atoms with Crippen LogP contribution in [0, 0.1) is 13.8 Å². The minimum Gasteiger partial charge on any atom is -0.365 e. The number of nitrogens with one attached hydrogen (secondary N) is 1. The zero-order chi connectivity index (χ0) is 14.1. The first-order chi connectivity index (χ1) is 9.66. The minimum absolute atomic E-state index is 0.653. The molecule has 102 valence electrons. The first-order valence-electron chi connectivity index (χ1n) is 6.35. The molecular formula is C15H14BrN3O. The van der Waals surface area contributed by atoms with E-state index in [4.69, 9.17) is 4.52 Å². The van der Waals surface area contributed by atoms with Crippen LogP contribution >= 0.6 is 15.9 Å². The molecule has 1 aromatic carbocycles. The summed E-state index contributed by atoms with van der Waals surface area (Å²) >= 11 is 3.56. The lowest BCUT2D eigenvalue weighted by Crippen LogP contribution is -2.03. The van der Waals surface area contributed by atoms with E-state index in [1.807, 2.05) is 38.2 Å². The minimum atomic E-state index is 0.653. The summed E-state index contributed by atoms with van der Waals surface area (Å²) in [7, 11) is 0. The first kappa shape index (κ1) is 13.1. The van der Waals surface area contributed by atoms with Crippen LogP contribution in [0.2, 0.25) is 0 Å². The Hall–Kier alpha value is -1.88. The van der Waals surface area contributed by atoms with E-state index in [0.717, 1.165) is 38.1 Å². The number of hydrogen-bond acceptors (Lipinski definition) is 4. The summed E-state index contributed by atoms with van der Waals surface area (Å²) in [6.07, 6.45) is 1.81. The summed E-state index contributed by atoms with van der Waals surface area (Å²) < 4.78 is 6.24. The number of fused-ring (bicyclic) bond motifs is 1. The lowest BCUT2D eigenvalue weighted by Gasteiger charge is -2.09. The zero-order valence-electron chi connectivity index (χ0n) is 11.3. The van der Waals surface area contributed by atoms with Gasteiger partial charge in [0.15, 0.2) is 0 Å². The van der Waals surface area contributed by atoms with E-state index >= 15 is 0 Å². The quantitative estimate of drug-likeness (QED) is 0.780. The van der Waals surface area contributed by atoms with Gasteiger partial charge in [-0.3, -0.25) is 0 Å². The Labute approximate surface area is 125 Å². The van der Waals surface area contributed by atoms with Gasteiger partial charge in [-0.05, 0) is 26.0 Å². The van der Waals surface area contributed by atoms with Crippen LogP contribution in [0.1, 0.15) is 17.0 Å². The van der Waals surface area contributed by atoms with Gasteiger partial charge in [-0.2, -0.15) is 0 Å². The molecule has 0 aliphatic heterocycles. The number of aryl methyl sites for hydroxylation is 2. The van der Waals surface area contributed by atoms with Gasteiger partial charge in [-0.15, -0.1) is 0 Å². The molecule has 0 saturated carbocycles. The fraction of sp³-hybridized carbons (Fsp3) is 0.200. The lowest BCUT2D eigenvalue weighted by molar-refractivity contribution is 0.392. The number of hydrogen-bond donors (Lipinski definition) is 1. The smallest absolute Gasteiger partial charge is 0.138 e. The van der Waals surface area contributed by atoms with Crippen molar-refractivity contribution in [3.8, 4) is 0 Å². The molecule has 0 spiro atoms. The number of benzene rings is 1. The summed E-state index contributed by atoms with van der Waals surface area (Å²) in [6.45, 7) is 4.52. The van der Waals surface area contributed by atoms with Gasteiger partial charge in [0.25, 0.3) is 0 Å². The van der Waals surface area contributed by atoms with Gasteiger partial charge < -0.3 is 9.84 Å². The third kappa shape index (κ3) is 2.29. The van der Waals surface area contributed by atoms with Crippen molar-refractivity contribution in [1.29, 1.82) is 0 Å². The maximum atomic E-state index is 5.17. The monoisotopic (exact) mass is 331 g/mol. The molecule has 1 N–H and O–H groups in total. The van der Waals surface area contributed by atoms with E-state index in [9.17, 15) is 0 Å². The Bertz CT molecular complexity index is 747. The normalized spacial score (nSPS) is 10.9. The topological polar surface area (TPSA) is 51.0 Å². The van der Waals surface area contributed by atoms with Crippen molar-refractivity contribution in [3.63, 3.8) is 0 Å². The molecule has 0 atom stereocenters. The van der Waals surface area contributed by atoms with E-state index in [-0.39, 0.29) is 0 Å². The molecule has 3 rings (SSSR count). The van der Waals surface area contributed by atoms with E-state index in [2.05, 4.69) is 37.5 Å². The highest BCUT2D eigenvalue weighted by atomic mass is 79.9. The van der Waals surface area contributed by atoms with Gasteiger partial charge in [0, 0.05) is 33.6 Å². The average molecular weight is 332 g/mol. The van der Waals surface area contributed by atoms with Crippen LogP contribution in [0.4, 0.5) is 5.82 Å². The van der Waals surface area contributed by atoms with Gasteiger partial charge in [0.2, 0.25) is 0 Å². The van der Waals surface area contributed by atoms with E-state index in [1.54, 1.807) is 0 Å². The highest BCUT2D eigenvalue weighted by molar-refractivity contribution is 9.10. The van der Waals surface area contributed by atoms with Gasteiger partial charge >= 0.3 is 0 Å². The van der Waals surface area contributed by atoms with Crippen molar-refractivity contribution >= 4 is 32.5 Å². The summed E-state index contributed by atoms with van der Waals surface area (Å²) in [5, 5.41) is 9.56. The zero-order valence-corrected chi connectivity index (χ0v) is 12.9. The molecule has 0 fully saturated rings. The van der Waals surface area contributed by atoms with Crippen molar-refractivity contribution in [2.45, 2.75) is 20.4 Å². The summed E-state index contributed by atoms with van der Waals surface area (Å²) in [6, 6.07) is 8.10. The third-order valence-corrected chi connectivity index (χ3v) is 4.06. The van der Waals surface area contributed by atoms with Gasteiger partial charge in [-0.1, -0.05) is 33.2 Å². The summed E-state index contributed by atoms with van der Waals surface area (Å²) in [5.74, 6) is 1.71. The van der Waals surface area contributed by atoms with Crippen LogP contribution in [0.5, 0.6) is 0 Å². The number of aromatic nitrogens is 2. The van der Waals surface area contributed by atoms with Gasteiger partial charge in [0.1, 0.15) is 11.6 Å². The molecule has 2 aromatic heterocycles. The van der Waals surface area contributed by atoms with Crippen LogP contribution in [-0.4, -0.2) is 10.1 Å². The second-order valence-corrected chi connectivity index (χ2v) is 5.51. The van der Waals surface area contributed by atoms with E-state index in [1.165, 1.54) is 0 Å². The molecule has 0 aliphatic carbocycles. The molecular weight excluding hydrogens is 318 g/mol. The lowest BCUT2D eigenvalue weighted by atomic mass is 10.1. The maximum Gasteiger partial charge on any atom is 0.138 e. The van der Waals surface area contributed by atoms with Crippen LogP contribution in [0.15, 0.2) is 39.5 Å². The number of anilines is 1. The standard InChI is InChI=1S/C15H14BrN3O/c1-9-13(10(2)20-19-9)8-18-15-12-4-3-5-14(16)11(12)6-7-17-15/h3-7H,8H2,1-2H3,(H,17,18). The fourth-order valence-corrected chi connectivity index (χ4v) is 2.73. The van der Waals surface area contributed by atoms with Crippen molar-refractivity contribution in [3.05, 3.63) is 52.0 Å². The Morgan fingerprint density at radius 1 is 1.20 bits per heavy atom. The van der Waals surface area contributed by atoms with Crippen LogP contribution < -0.4 is 5.32 Å². The molecule has 4 nitrogen and oxygen atoms in total. The molecule has 2 heterocycles. The van der Waals surface area contributed by atoms with Crippen molar-refractivity contribution < 1.29 is 4.52 Å². The molecule has 5 heteroatoms. The summed E-state index contributed by atoms with van der Waals surface area (Å²) in [4.78, 5) is 4.42. The predicted octanol–water partition coefficient (Wildman–Crippen LogP) is 4.21. The molecule has 3 aromatic rings. The number of halogens is 1. The third-order valence-electron chi connectivity index (χ3n) is 3.37. The molecule has 0 aliphatic rings. The van der Waals surface area contributed by atoms with Crippen molar-refractivity contribution in [1.82, 2.24) is 10.1 Å². The molecule has 0 unspecified atom stereocenters. The molecule has 0 amide bonds. The van der Waals surface area contributed by atoms with Crippen molar-refractivity contribution in [2.24, 2.45) is 0 Å². The number of nitrogens with zero attached hydrogens (tertiary/aromatic N) is 2. The Balaban J connectivity index is 1.94. The first-order valence-corrected chi connectivity index (χ1v) is 7.15. The van der Waals surface area contributed by atoms with E-state index in [0.29, 0.717) is 6.54 Å². The van der Waals surface area contributed by atoms with Gasteiger partial charge in [0.05, 0.1) is 5.69 Å². The highest BCUT2D eigenvalue weighted by Gasteiger charge is 2.10. The molecule has 0 radical (unpaired) electrons. The number of rotatable bonds is 3. The Morgan fingerprint density at radius 3 is 2.80 bits per heavy atom. The fourth-order valence-electron chi connectivity index (χ4n) is 2.24. The second kappa shape index (κ2) is 5.25. The van der Waals surface area contributed by atoms with Crippen LogP contribution in [0.25, 0.3) is 10.8 Å². The Morgan fingerprint density at radius 2 is 2.05 bits per heavy atom. The number of pyridine rings is 1. The molecule has 0 saturated heterocycles. The van der Waals surface area contributed by atoms with E-state index < -0.39 is 0 Å². The second-order valence-electron chi connectivity index (χ2n) is 4.65. The summed E-state index contributed by atoms with van der Waals surface area (Å²) in [5.41, 5.74) is 2.00. The molecule has 20 heavy (non-hydrogen) atoms. The maximum absolute atomic E-state index is 5.17. The average Bonchev–Trinajstić information content (AvgIpc) is 2.76. The predicted molar refractivity (Wildman–Crippen MR) is 82.7 cm³/mol. The van der Waals surface area contributed by atoms with Crippen molar-refractivity contribution in [2.75, 3.05) is 5.32 Å². The van der Waals surface area contributed by atoms with Crippen LogP contribution in [0.3, 0.4) is 0 Å².